The summed E-state index contributed by atoms with van der Waals surface area (Å²) in [5.41, 5.74) is 1.87. The minimum absolute atomic E-state index is 0. The molecule has 3 rings (SSSR count). The fourth-order valence-electron chi connectivity index (χ4n) is 2.39. The summed E-state index contributed by atoms with van der Waals surface area (Å²) in [4.78, 5) is 8.53. The Morgan fingerprint density at radius 2 is 2.00 bits per heavy atom. The van der Waals surface area contributed by atoms with Crippen molar-refractivity contribution in [2.75, 3.05) is 13.7 Å². The Hall–Kier alpha value is -2.43. The van der Waals surface area contributed by atoms with Crippen LogP contribution in [0.5, 0.6) is 5.88 Å². The molecule has 144 valence electrons. The number of nitrogens with one attached hydrogen (secondary N) is 2. The summed E-state index contributed by atoms with van der Waals surface area (Å²) in [7, 11) is 1.73. The topological polar surface area (TPSA) is 88.7 Å². The second kappa shape index (κ2) is 10.7. The van der Waals surface area contributed by atoms with E-state index in [2.05, 4.69) is 37.7 Å². The van der Waals surface area contributed by atoms with E-state index in [0.717, 1.165) is 23.5 Å². The number of pyridine rings is 2. The first-order chi connectivity index (χ1) is 12.8. The van der Waals surface area contributed by atoms with Crippen molar-refractivity contribution >= 4 is 35.6 Å². The van der Waals surface area contributed by atoms with Gasteiger partial charge in [-0.15, -0.1) is 34.2 Å². The number of hydrogen-bond donors (Lipinski definition) is 2. The fourth-order valence-corrected chi connectivity index (χ4v) is 2.39. The minimum atomic E-state index is 0. The van der Waals surface area contributed by atoms with E-state index in [4.69, 9.17) is 4.74 Å². The zero-order chi connectivity index (χ0) is 18.2. The third-order valence-corrected chi connectivity index (χ3v) is 3.73. The van der Waals surface area contributed by atoms with Gasteiger partial charge in [-0.25, -0.2) is 4.98 Å². The number of fused-ring (bicyclic) bond motifs is 1. The second-order valence-electron chi connectivity index (χ2n) is 5.68. The van der Waals surface area contributed by atoms with Crippen LogP contribution in [-0.2, 0) is 13.1 Å². The summed E-state index contributed by atoms with van der Waals surface area (Å²) in [6, 6.07) is 9.68. The maximum Gasteiger partial charge on any atom is 0.213 e. The first-order valence-corrected chi connectivity index (χ1v) is 8.61. The SMILES string of the molecule is CCCOc1ccc(CNC(=NC)NCc2nnc3ccccn23)cn1.I. The average molecular weight is 481 g/mol. The number of nitrogens with zero attached hydrogens (tertiary/aromatic N) is 5. The van der Waals surface area contributed by atoms with Gasteiger partial charge in [0, 0.05) is 32.1 Å². The number of guanidine groups is 1. The van der Waals surface area contributed by atoms with Gasteiger partial charge in [0.15, 0.2) is 17.4 Å². The van der Waals surface area contributed by atoms with Gasteiger partial charge < -0.3 is 15.4 Å². The van der Waals surface area contributed by atoms with Crippen LogP contribution in [0.4, 0.5) is 0 Å². The molecular weight excluding hydrogens is 457 g/mol. The van der Waals surface area contributed by atoms with Crippen molar-refractivity contribution < 1.29 is 4.74 Å². The number of hydrogen-bond acceptors (Lipinski definition) is 5. The lowest BCUT2D eigenvalue weighted by Gasteiger charge is -2.11. The summed E-state index contributed by atoms with van der Waals surface area (Å²) in [5, 5.41) is 14.8. The second-order valence-corrected chi connectivity index (χ2v) is 5.68. The summed E-state index contributed by atoms with van der Waals surface area (Å²) in [6.07, 6.45) is 4.71. The number of ether oxygens (including phenoxy) is 1. The van der Waals surface area contributed by atoms with Crippen LogP contribution in [0, 0.1) is 0 Å². The Morgan fingerprint density at radius 1 is 1.15 bits per heavy atom. The maximum atomic E-state index is 5.49. The molecule has 0 unspecified atom stereocenters. The number of rotatable bonds is 7. The highest BCUT2D eigenvalue weighted by molar-refractivity contribution is 14.0. The predicted molar refractivity (Wildman–Crippen MR) is 115 cm³/mol. The van der Waals surface area contributed by atoms with Gasteiger partial charge >= 0.3 is 0 Å². The molecule has 3 aromatic rings. The molecule has 0 amide bonds. The van der Waals surface area contributed by atoms with Gasteiger partial charge in [-0.2, -0.15) is 0 Å². The summed E-state index contributed by atoms with van der Waals surface area (Å²) >= 11 is 0. The van der Waals surface area contributed by atoms with Crippen LogP contribution >= 0.6 is 24.0 Å². The Morgan fingerprint density at radius 3 is 2.74 bits per heavy atom. The minimum Gasteiger partial charge on any atom is -0.478 e. The van der Waals surface area contributed by atoms with Crippen LogP contribution in [-0.4, -0.2) is 39.2 Å². The molecule has 0 radical (unpaired) electrons. The normalized spacial score (nSPS) is 11.1. The third kappa shape index (κ3) is 5.78. The van der Waals surface area contributed by atoms with Gasteiger partial charge in [0.25, 0.3) is 0 Å². The fraction of sp³-hybridized carbons (Fsp3) is 0.333. The van der Waals surface area contributed by atoms with Crippen molar-refractivity contribution in [3.63, 3.8) is 0 Å². The van der Waals surface area contributed by atoms with E-state index in [-0.39, 0.29) is 24.0 Å². The molecule has 27 heavy (non-hydrogen) atoms. The van der Waals surface area contributed by atoms with Gasteiger partial charge in [0.05, 0.1) is 13.2 Å². The van der Waals surface area contributed by atoms with E-state index < -0.39 is 0 Å². The molecule has 3 heterocycles. The third-order valence-electron chi connectivity index (χ3n) is 3.73. The van der Waals surface area contributed by atoms with Gasteiger partial charge in [-0.1, -0.05) is 19.1 Å². The Bertz CT molecular complexity index is 864. The van der Waals surface area contributed by atoms with Crippen LogP contribution in [0.15, 0.2) is 47.7 Å². The molecule has 0 bridgehead atoms. The molecule has 2 N–H and O–H groups in total. The van der Waals surface area contributed by atoms with Crippen molar-refractivity contribution in [1.82, 2.24) is 30.2 Å². The average Bonchev–Trinajstić information content (AvgIpc) is 3.10. The van der Waals surface area contributed by atoms with Gasteiger partial charge in [0.1, 0.15) is 0 Å². The summed E-state index contributed by atoms with van der Waals surface area (Å²) in [6.45, 7) is 3.88. The van der Waals surface area contributed by atoms with E-state index in [1.807, 2.05) is 40.9 Å². The van der Waals surface area contributed by atoms with Crippen molar-refractivity contribution in [1.29, 1.82) is 0 Å². The van der Waals surface area contributed by atoms with Crippen molar-refractivity contribution in [2.24, 2.45) is 4.99 Å². The van der Waals surface area contributed by atoms with Crippen LogP contribution < -0.4 is 15.4 Å². The highest BCUT2D eigenvalue weighted by Gasteiger charge is 2.06. The predicted octanol–water partition coefficient (Wildman–Crippen LogP) is 2.40. The van der Waals surface area contributed by atoms with Gasteiger partial charge in [-0.3, -0.25) is 9.39 Å². The summed E-state index contributed by atoms with van der Waals surface area (Å²) in [5.74, 6) is 2.16. The molecule has 0 saturated heterocycles. The van der Waals surface area contributed by atoms with Crippen LogP contribution in [0.1, 0.15) is 24.7 Å². The molecule has 8 nitrogen and oxygen atoms in total. The molecule has 0 aromatic carbocycles. The van der Waals surface area contributed by atoms with E-state index in [0.29, 0.717) is 31.5 Å². The zero-order valence-corrected chi connectivity index (χ0v) is 17.8. The highest BCUT2D eigenvalue weighted by Crippen LogP contribution is 2.07. The molecule has 0 aliphatic rings. The summed E-state index contributed by atoms with van der Waals surface area (Å²) < 4.78 is 7.43. The standard InChI is InChI=1S/C18H23N7O.HI/c1-3-10-26-17-8-7-14(11-20-17)12-21-18(19-2)22-13-16-24-23-15-6-4-5-9-25(15)16;/h4-9,11H,3,10,12-13H2,1-2H3,(H2,19,21,22);1H. The number of halogens is 1. The van der Waals surface area contributed by atoms with Crippen molar-refractivity contribution in [2.45, 2.75) is 26.4 Å². The first-order valence-electron chi connectivity index (χ1n) is 8.61. The van der Waals surface area contributed by atoms with E-state index in [1.165, 1.54) is 0 Å². The monoisotopic (exact) mass is 481 g/mol. The Labute approximate surface area is 175 Å². The molecule has 0 spiro atoms. The lowest BCUT2D eigenvalue weighted by atomic mass is 10.3. The highest BCUT2D eigenvalue weighted by atomic mass is 127. The largest absolute Gasteiger partial charge is 0.478 e. The quantitative estimate of drug-likeness (QED) is 0.306. The maximum absolute atomic E-state index is 5.49. The Kier molecular flexibility index (Phi) is 8.24. The van der Waals surface area contributed by atoms with Gasteiger partial charge in [-0.05, 0) is 24.1 Å². The zero-order valence-electron chi connectivity index (χ0n) is 15.4. The number of aliphatic imine (C=N–C) groups is 1. The molecule has 0 atom stereocenters. The van der Waals surface area contributed by atoms with E-state index >= 15 is 0 Å². The van der Waals surface area contributed by atoms with Gasteiger partial charge in [0.2, 0.25) is 5.88 Å². The Balaban J connectivity index is 0.00000261. The first kappa shape index (κ1) is 20.9. The molecular formula is C18H24IN7O. The van der Waals surface area contributed by atoms with E-state index in [9.17, 15) is 0 Å². The van der Waals surface area contributed by atoms with E-state index in [1.54, 1.807) is 13.2 Å². The molecule has 0 aliphatic heterocycles. The lowest BCUT2D eigenvalue weighted by Crippen LogP contribution is -2.36. The molecule has 9 heteroatoms. The van der Waals surface area contributed by atoms with Crippen LogP contribution in [0.25, 0.3) is 5.65 Å². The van der Waals surface area contributed by atoms with Crippen LogP contribution in [0.2, 0.25) is 0 Å². The van der Waals surface area contributed by atoms with Crippen molar-refractivity contribution in [3.05, 3.63) is 54.1 Å². The lowest BCUT2D eigenvalue weighted by molar-refractivity contribution is 0.305. The van der Waals surface area contributed by atoms with Crippen LogP contribution in [0.3, 0.4) is 0 Å². The smallest absolute Gasteiger partial charge is 0.213 e. The molecule has 3 aromatic heterocycles. The molecule has 0 saturated carbocycles. The van der Waals surface area contributed by atoms with Crippen molar-refractivity contribution in [3.8, 4) is 5.88 Å². The molecule has 0 fully saturated rings. The molecule has 0 aliphatic carbocycles. The number of aromatic nitrogens is 4.